The highest BCUT2D eigenvalue weighted by atomic mass is 32.2. The van der Waals surface area contributed by atoms with E-state index >= 15 is 0 Å². The standard InChI is InChI=1S/C12H14N4O2S/c13-10-4-5-12(15-9-10)16-19(17,18)8-6-11-3-1-2-7-14-11/h1-5,7,9H,6,8,13H2,(H,15,16). The van der Waals surface area contributed by atoms with E-state index in [0.29, 0.717) is 12.1 Å². The van der Waals surface area contributed by atoms with Crippen LogP contribution in [0.3, 0.4) is 0 Å². The molecule has 0 aliphatic carbocycles. The molecule has 6 nitrogen and oxygen atoms in total. The molecule has 0 saturated carbocycles. The van der Waals surface area contributed by atoms with E-state index in [4.69, 9.17) is 5.73 Å². The quantitative estimate of drug-likeness (QED) is 0.851. The molecule has 2 aromatic rings. The van der Waals surface area contributed by atoms with Crippen molar-refractivity contribution in [2.75, 3.05) is 16.2 Å². The molecule has 19 heavy (non-hydrogen) atoms. The maximum absolute atomic E-state index is 11.8. The molecule has 0 spiro atoms. The van der Waals surface area contributed by atoms with Gasteiger partial charge in [0.15, 0.2) is 0 Å². The number of aromatic nitrogens is 2. The van der Waals surface area contributed by atoms with Gasteiger partial charge in [0.2, 0.25) is 10.0 Å². The van der Waals surface area contributed by atoms with Crippen molar-refractivity contribution in [1.29, 1.82) is 0 Å². The molecular weight excluding hydrogens is 264 g/mol. The lowest BCUT2D eigenvalue weighted by atomic mass is 10.3. The third kappa shape index (κ3) is 4.22. The zero-order valence-corrected chi connectivity index (χ0v) is 11.0. The molecule has 3 N–H and O–H groups in total. The van der Waals surface area contributed by atoms with Crippen LogP contribution in [0.2, 0.25) is 0 Å². The van der Waals surface area contributed by atoms with Gasteiger partial charge in [-0.3, -0.25) is 9.71 Å². The Bertz CT molecular complexity index is 627. The normalized spacial score (nSPS) is 11.2. The lowest BCUT2D eigenvalue weighted by molar-refractivity contribution is 0.600. The summed E-state index contributed by atoms with van der Waals surface area (Å²) in [7, 11) is -3.44. The summed E-state index contributed by atoms with van der Waals surface area (Å²) in [5.74, 6) is 0.214. The van der Waals surface area contributed by atoms with Gasteiger partial charge in [-0.05, 0) is 24.3 Å². The van der Waals surface area contributed by atoms with Gasteiger partial charge in [0.25, 0.3) is 0 Å². The van der Waals surface area contributed by atoms with Gasteiger partial charge >= 0.3 is 0 Å². The number of nitrogens with one attached hydrogen (secondary N) is 1. The second kappa shape index (κ2) is 5.66. The third-order valence-corrected chi connectivity index (χ3v) is 3.66. The lowest BCUT2D eigenvalue weighted by Crippen LogP contribution is -2.19. The Morgan fingerprint density at radius 2 is 2.00 bits per heavy atom. The van der Waals surface area contributed by atoms with E-state index in [2.05, 4.69) is 14.7 Å². The average molecular weight is 278 g/mol. The van der Waals surface area contributed by atoms with Gasteiger partial charge in [-0.25, -0.2) is 13.4 Å². The molecule has 100 valence electrons. The van der Waals surface area contributed by atoms with Gasteiger partial charge in [-0.1, -0.05) is 6.07 Å². The first-order valence-corrected chi connectivity index (χ1v) is 7.32. The molecule has 0 amide bonds. The molecule has 0 aromatic carbocycles. The molecule has 0 bridgehead atoms. The molecule has 0 aliphatic heterocycles. The number of rotatable bonds is 5. The SMILES string of the molecule is Nc1ccc(NS(=O)(=O)CCc2ccccn2)nc1. The molecule has 0 saturated heterocycles. The Balaban J connectivity index is 1.97. The molecule has 2 heterocycles. The highest BCUT2D eigenvalue weighted by molar-refractivity contribution is 7.92. The van der Waals surface area contributed by atoms with E-state index in [1.54, 1.807) is 24.4 Å². The Hall–Kier alpha value is -2.15. The largest absolute Gasteiger partial charge is 0.397 e. The van der Waals surface area contributed by atoms with Crippen LogP contribution in [0.4, 0.5) is 11.5 Å². The van der Waals surface area contributed by atoms with Gasteiger partial charge in [-0.2, -0.15) is 0 Å². The summed E-state index contributed by atoms with van der Waals surface area (Å²) in [6.45, 7) is 0. The van der Waals surface area contributed by atoms with E-state index in [0.717, 1.165) is 5.69 Å². The molecule has 2 rings (SSSR count). The van der Waals surface area contributed by atoms with Crippen LogP contribution < -0.4 is 10.5 Å². The third-order valence-electron chi connectivity index (χ3n) is 2.40. The van der Waals surface area contributed by atoms with Gasteiger partial charge in [0.05, 0.1) is 17.6 Å². The summed E-state index contributed by atoms with van der Waals surface area (Å²) < 4.78 is 26.1. The van der Waals surface area contributed by atoms with Crippen LogP contribution in [-0.4, -0.2) is 24.1 Å². The van der Waals surface area contributed by atoms with Crippen LogP contribution in [-0.2, 0) is 16.4 Å². The number of sulfonamides is 1. The Labute approximate surface area is 111 Å². The van der Waals surface area contributed by atoms with Crippen molar-refractivity contribution in [2.45, 2.75) is 6.42 Å². The van der Waals surface area contributed by atoms with Crippen molar-refractivity contribution >= 4 is 21.5 Å². The Morgan fingerprint density at radius 3 is 2.63 bits per heavy atom. The van der Waals surface area contributed by atoms with Crippen molar-refractivity contribution in [2.24, 2.45) is 0 Å². The maximum Gasteiger partial charge on any atom is 0.234 e. The van der Waals surface area contributed by atoms with Crippen molar-refractivity contribution < 1.29 is 8.42 Å². The van der Waals surface area contributed by atoms with E-state index in [1.165, 1.54) is 12.3 Å². The minimum Gasteiger partial charge on any atom is -0.397 e. The number of hydrogen-bond donors (Lipinski definition) is 2. The Morgan fingerprint density at radius 1 is 1.16 bits per heavy atom. The topological polar surface area (TPSA) is 98.0 Å². The first-order valence-electron chi connectivity index (χ1n) is 5.67. The zero-order chi connectivity index (χ0) is 13.7. The number of hydrogen-bond acceptors (Lipinski definition) is 5. The smallest absolute Gasteiger partial charge is 0.234 e. The molecule has 0 aliphatic rings. The minimum atomic E-state index is -3.44. The zero-order valence-electron chi connectivity index (χ0n) is 10.2. The van der Waals surface area contributed by atoms with E-state index in [-0.39, 0.29) is 11.6 Å². The first-order chi connectivity index (χ1) is 9.05. The van der Waals surface area contributed by atoms with Gasteiger partial charge in [-0.15, -0.1) is 0 Å². The molecule has 0 unspecified atom stereocenters. The van der Waals surface area contributed by atoms with Gasteiger partial charge in [0.1, 0.15) is 5.82 Å². The molecule has 0 atom stereocenters. The molecular formula is C12H14N4O2S. The second-order valence-electron chi connectivity index (χ2n) is 3.97. The molecule has 0 radical (unpaired) electrons. The number of aryl methyl sites for hydroxylation is 1. The monoisotopic (exact) mass is 278 g/mol. The minimum absolute atomic E-state index is 0.0456. The number of anilines is 2. The number of nitrogens with zero attached hydrogens (tertiary/aromatic N) is 2. The predicted molar refractivity (Wildman–Crippen MR) is 74.0 cm³/mol. The van der Waals surface area contributed by atoms with E-state index in [1.807, 2.05) is 6.07 Å². The summed E-state index contributed by atoms with van der Waals surface area (Å²) in [5, 5.41) is 0. The number of nitrogen functional groups attached to an aromatic ring is 1. The van der Waals surface area contributed by atoms with Crippen molar-refractivity contribution in [3.63, 3.8) is 0 Å². The van der Waals surface area contributed by atoms with Crippen LogP contribution in [0, 0.1) is 0 Å². The van der Waals surface area contributed by atoms with Crippen LogP contribution >= 0.6 is 0 Å². The van der Waals surface area contributed by atoms with E-state index < -0.39 is 10.0 Å². The fourth-order valence-electron chi connectivity index (χ4n) is 1.46. The van der Waals surface area contributed by atoms with Gasteiger partial charge in [0, 0.05) is 18.3 Å². The number of pyridine rings is 2. The van der Waals surface area contributed by atoms with Crippen molar-refractivity contribution in [1.82, 2.24) is 9.97 Å². The highest BCUT2D eigenvalue weighted by Gasteiger charge is 2.11. The predicted octanol–water partition coefficient (Wildman–Crippen LogP) is 1.04. The van der Waals surface area contributed by atoms with Crippen LogP contribution in [0.25, 0.3) is 0 Å². The average Bonchev–Trinajstić information content (AvgIpc) is 2.40. The summed E-state index contributed by atoms with van der Waals surface area (Å²) in [5.41, 5.74) is 6.69. The van der Waals surface area contributed by atoms with Crippen LogP contribution in [0.15, 0.2) is 42.7 Å². The van der Waals surface area contributed by atoms with Crippen molar-refractivity contribution in [3.8, 4) is 0 Å². The summed E-state index contributed by atoms with van der Waals surface area (Å²) in [6, 6.07) is 8.51. The second-order valence-corrected chi connectivity index (χ2v) is 5.81. The van der Waals surface area contributed by atoms with Crippen molar-refractivity contribution in [3.05, 3.63) is 48.4 Å². The maximum atomic E-state index is 11.8. The molecule has 7 heteroatoms. The van der Waals surface area contributed by atoms with Crippen LogP contribution in [0.5, 0.6) is 0 Å². The van der Waals surface area contributed by atoms with Gasteiger partial charge < -0.3 is 5.73 Å². The summed E-state index contributed by atoms with van der Waals surface area (Å²) in [6.07, 6.45) is 3.39. The highest BCUT2D eigenvalue weighted by Crippen LogP contribution is 2.09. The number of nitrogens with two attached hydrogens (primary N) is 1. The fourth-order valence-corrected chi connectivity index (χ4v) is 2.48. The lowest BCUT2D eigenvalue weighted by Gasteiger charge is -2.07. The fraction of sp³-hybridized carbons (Fsp3) is 0.167. The summed E-state index contributed by atoms with van der Waals surface area (Å²) in [4.78, 5) is 7.96. The van der Waals surface area contributed by atoms with Crippen LogP contribution in [0.1, 0.15) is 5.69 Å². The molecule has 0 fully saturated rings. The molecule has 2 aromatic heterocycles. The summed E-state index contributed by atoms with van der Waals surface area (Å²) >= 11 is 0. The van der Waals surface area contributed by atoms with E-state index in [9.17, 15) is 8.42 Å². The Kier molecular flexibility index (Phi) is 3.96. The first kappa shape index (κ1) is 13.3.